The predicted molar refractivity (Wildman–Crippen MR) is 94.7 cm³/mol. The number of hydrogen-bond acceptors (Lipinski definition) is 4. The smallest absolute Gasteiger partial charge is 0.298 e. The van der Waals surface area contributed by atoms with Gasteiger partial charge in [-0.3, -0.25) is 4.79 Å². The van der Waals surface area contributed by atoms with Crippen molar-refractivity contribution in [1.82, 2.24) is 4.98 Å². The summed E-state index contributed by atoms with van der Waals surface area (Å²) in [6, 6.07) is 15.5. The second kappa shape index (κ2) is 6.29. The molecule has 0 bridgehead atoms. The van der Waals surface area contributed by atoms with Gasteiger partial charge in [0.2, 0.25) is 0 Å². The van der Waals surface area contributed by atoms with Crippen LogP contribution in [0.4, 0.5) is 6.01 Å². The van der Waals surface area contributed by atoms with Crippen LogP contribution in [0.25, 0.3) is 11.1 Å². The van der Waals surface area contributed by atoms with E-state index < -0.39 is 0 Å². The summed E-state index contributed by atoms with van der Waals surface area (Å²) in [6.45, 7) is 1.55. The monoisotopic (exact) mass is 340 g/mol. The van der Waals surface area contributed by atoms with Gasteiger partial charge in [0.25, 0.3) is 6.01 Å². The highest BCUT2D eigenvalue weighted by atomic mass is 35.5. The van der Waals surface area contributed by atoms with Crippen molar-refractivity contribution in [2.45, 2.75) is 12.8 Å². The van der Waals surface area contributed by atoms with Gasteiger partial charge in [0.1, 0.15) is 5.52 Å². The standard InChI is InChI=1S/C19H17ClN2O2/c20-15-7-5-13(6-8-15)18(23)14-9-11-22(12-10-14)19-21-16-3-1-2-4-17(16)24-19/h1-8,14H,9-12H2. The average molecular weight is 341 g/mol. The van der Waals surface area contributed by atoms with E-state index in [2.05, 4.69) is 9.88 Å². The van der Waals surface area contributed by atoms with E-state index in [0.717, 1.165) is 42.6 Å². The molecule has 1 aliphatic rings. The van der Waals surface area contributed by atoms with E-state index in [1.165, 1.54) is 0 Å². The summed E-state index contributed by atoms with van der Waals surface area (Å²) in [5.74, 6) is 0.246. The van der Waals surface area contributed by atoms with Crippen LogP contribution >= 0.6 is 11.6 Å². The van der Waals surface area contributed by atoms with Crippen molar-refractivity contribution < 1.29 is 9.21 Å². The van der Waals surface area contributed by atoms with Crippen LogP contribution in [0, 0.1) is 5.92 Å². The van der Waals surface area contributed by atoms with E-state index in [1.807, 2.05) is 24.3 Å². The van der Waals surface area contributed by atoms with Gasteiger partial charge in [-0.05, 0) is 49.2 Å². The Balaban J connectivity index is 1.44. The number of carbonyl (C=O) groups is 1. The number of carbonyl (C=O) groups excluding carboxylic acids is 1. The van der Waals surface area contributed by atoms with Crippen LogP contribution in [0.2, 0.25) is 5.02 Å². The molecule has 0 aliphatic carbocycles. The van der Waals surface area contributed by atoms with E-state index in [1.54, 1.807) is 24.3 Å². The summed E-state index contributed by atoms with van der Waals surface area (Å²) in [4.78, 5) is 19.2. The molecule has 0 N–H and O–H groups in total. The van der Waals surface area contributed by atoms with Crippen molar-refractivity contribution in [3.05, 3.63) is 59.1 Å². The number of nitrogens with zero attached hydrogens (tertiary/aromatic N) is 2. The first kappa shape index (κ1) is 15.2. The number of halogens is 1. The Bertz CT molecular complexity index is 831. The van der Waals surface area contributed by atoms with Gasteiger partial charge in [-0.1, -0.05) is 23.7 Å². The molecule has 0 amide bonds. The number of ketones is 1. The maximum atomic E-state index is 12.6. The molecular weight excluding hydrogens is 324 g/mol. The number of piperidine rings is 1. The number of anilines is 1. The van der Waals surface area contributed by atoms with Crippen LogP contribution in [0.1, 0.15) is 23.2 Å². The quantitative estimate of drug-likeness (QED) is 0.655. The lowest BCUT2D eigenvalue weighted by molar-refractivity contribution is 0.0899. The topological polar surface area (TPSA) is 46.3 Å². The number of para-hydroxylation sites is 2. The molecule has 4 rings (SSSR count). The molecule has 122 valence electrons. The van der Waals surface area contributed by atoms with E-state index in [-0.39, 0.29) is 11.7 Å². The predicted octanol–water partition coefficient (Wildman–Crippen LogP) is 4.58. The zero-order chi connectivity index (χ0) is 16.5. The summed E-state index contributed by atoms with van der Waals surface area (Å²) in [5.41, 5.74) is 2.40. The van der Waals surface area contributed by atoms with Gasteiger partial charge < -0.3 is 9.32 Å². The van der Waals surface area contributed by atoms with Crippen molar-refractivity contribution >= 4 is 34.5 Å². The molecule has 1 fully saturated rings. The van der Waals surface area contributed by atoms with Crippen LogP contribution < -0.4 is 4.90 Å². The molecular formula is C19H17ClN2O2. The molecule has 5 heteroatoms. The summed E-state index contributed by atoms with van der Waals surface area (Å²) >= 11 is 5.89. The highest BCUT2D eigenvalue weighted by Crippen LogP contribution is 2.28. The lowest BCUT2D eigenvalue weighted by Gasteiger charge is -2.30. The SMILES string of the molecule is O=C(c1ccc(Cl)cc1)C1CCN(c2nc3ccccc3o2)CC1. The second-order valence-electron chi connectivity index (χ2n) is 6.10. The van der Waals surface area contributed by atoms with Crippen molar-refractivity contribution in [3.8, 4) is 0 Å². The molecule has 1 aliphatic heterocycles. The number of aromatic nitrogens is 1. The van der Waals surface area contributed by atoms with Crippen LogP contribution in [0.15, 0.2) is 52.9 Å². The summed E-state index contributed by atoms with van der Waals surface area (Å²) in [6.07, 6.45) is 1.61. The van der Waals surface area contributed by atoms with Gasteiger partial charge in [0, 0.05) is 29.6 Å². The summed E-state index contributed by atoms with van der Waals surface area (Å²) in [7, 11) is 0. The molecule has 0 atom stereocenters. The highest BCUT2D eigenvalue weighted by Gasteiger charge is 2.27. The zero-order valence-electron chi connectivity index (χ0n) is 13.1. The van der Waals surface area contributed by atoms with E-state index in [4.69, 9.17) is 16.0 Å². The van der Waals surface area contributed by atoms with E-state index >= 15 is 0 Å². The Labute approximate surface area is 145 Å². The van der Waals surface area contributed by atoms with Crippen molar-refractivity contribution in [2.75, 3.05) is 18.0 Å². The minimum atomic E-state index is 0.0480. The molecule has 2 heterocycles. The first-order chi connectivity index (χ1) is 11.7. The molecule has 4 nitrogen and oxygen atoms in total. The highest BCUT2D eigenvalue weighted by molar-refractivity contribution is 6.30. The van der Waals surface area contributed by atoms with Crippen LogP contribution in [-0.2, 0) is 0 Å². The Hall–Kier alpha value is -2.33. The normalized spacial score (nSPS) is 15.8. The summed E-state index contributed by atoms with van der Waals surface area (Å²) in [5, 5.41) is 0.650. The van der Waals surface area contributed by atoms with Crippen molar-refractivity contribution in [1.29, 1.82) is 0 Å². The van der Waals surface area contributed by atoms with Gasteiger partial charge in [-0.15, -0.1) is 0 Å². The first-order valence-corrected chi connectivity index (χ1v) is 8.49. The lowest BCUT2D eigenvalue weighted by Crippen LogP contribution is -2.36. The fraction of sp³-hybridized carbons (Fsp3) is 0.263. The van der Waals surface area contributed by atoms with Gasteiger partial charge in [0.05, 0.1) is 0 Å². The number of Topliss-reactive ketones (excluding diaryl/α,β-unsaturated/α-hetero) is 1. The maximum absolute atomic E-state index is 12.6. The molecule has 24 heavy (non-hydrogen) atoms. The third-order valence-electron chi connectivity index (χ3n) is 4.55. The van der Waals surface area contributed by atoms with Crippen LogP contribution in [-0.4, -0.2) is 23.9 Å². The number of hydrogen-bond donors (Lipinski definition) is 0. The van der Waals surface area contributed by atoms with Crippen molar-refractivity contribution in [2.24, 2.45) is 5.92 Å². The van der Waals surface area contributed by atoms with E-state index in [0.29, 0.717) is 11.0 Å². The number of oxazole rings is 1. The fourth-order valence-electron chi connectivity index (χ4n) is 3.18. The molecule has 3 aromatic rings. The molecule has 0 radical (unpaired) electrons. The molecule has 1 saturated heterocycles. The van der Waals surface area contributed by atoms with Gasteiger partial charge in [0.15, 0.2) is 11.4 Å². The molecule has 2 aromatic carbocycles. The van der Waals surface area contributed by atoms with E-state index in [9.17, 15) is 4.79 Å². The van der Waals surface area contributed by atoms with Crippen LogP contribution in [0.3, 0.4) is 0 Å². The Kier molecular flexibility index (Phi) is 3.98. The third kappa shape index (κ3) is 2.89. The maximum Gasteiger partial charge on any atom is 0.298 e. The Morgan fingerprint density at radius 1 is 1.08 bits per heavy atom. The summed E-state index contributed by atoms with van der Waals surface area (Å²) < 4.78 is 5.82. The second-order valence-corrected chi connectivity index (χ2v) is 6.53. The number of benzene rings is 2. The zero-order valence-corrected chi connectivity index (χ0v) is 13.9. The first-order valence-electron chi connectivity index (χ1n) is 8.11. The lowest BCUT2D eigenvalue weighted by atomic mass is 9.89. The number of fused-ring (bicyclic) bond motifs is 1. The number of rotatable bonds is 3. The Morgan fingerprint density at radius 3 is 2.50 bits per heavy atom. The fourth-order valence-corrected chi connectivity index (χ4v) is 3.30. The molecule has 0 saturated carbocycles. The molecule has 0 unspecified atom stereocenters. The average Bonchev–Trinajstić information content (AvgIpc) is 3.06. The largest absolute Gasteiger partial charge is 0.423 e. The molecule has 1 aromatic heterocycles. The minimum absolute atomic E-state index is 0.0480. The Morgan fingerprint density at radius 2 is 1.79 bits per heavy atom. The molecule has 0 spiro atoms. The van der Waals surface area contributed by atoms with Gasteiger partial charge in [-0.2, -0.15) is 4.98 Å². The third-order valence-corrected chi connectivity index (χ3v) is 4.80. The van der Waals surface area contributed by atoms with Crippen molar-refractivity contribution in [3.63, 3.8) is 0 Å². The minimum Gasteiger partial charge on any atom is -0.423 e. The van der Waals surface area contributed by atoms with Crippen LogP contribution in [0.5, 0.6) is 0 Å². The van der Waals surface area contributed by atoms with Gasteiger partial charge >= 0.3 is 0 Å². The van der Waals surface area contributed by atoms with Gasteiger partial charge in [-0.25, -0.2) is 0 Å².